The van der Waals surface area contributed by atoms with Crippen LogP contribution in [-0.4, -0.2) is 43.2 Å². The van der Waals surface area contributed by atoms with Crippen LogP contribution in [0.1, 0.15) is 6.92 Å². The van der Waals surface area contributed by atoms with Crippen LogP contribution in [0.25, 0.3) is 0 Å². The summed E-state index contributed by atoms with van der Waals surface area (Å²) in [6.07, 6.45) is 0. The molecule has 0 fully saturated rings. The molecule has 0 heterocycles. The van der Waals surface area contributed by atoms with Crippen molar-refractivity contribution in [1.29, 1.82) is 0 Å². The Balaban J connectivity index is 0.00000324. The second-order valence-corrected chi connectivity index (χ2v) is 5.84. The lowest BCUT2D eigenvalue weighted by Gasteiger charge is -2.21. The summed E-state index contributed by atoms with van der Waals surface area (Å²) in [4.78, 5) is 14.8. The van der Waals surface area contributed by atoms with Gasteiger partial charge in [-0.2, -0.15) is 0 Å². The number of benzene rings is 1. The lowest BCUT2D eigenvalue weighted by atomic mass is 10.4. The molecule has 19 heavy (non-hydrogen) atoms. The van der Waals surface area contributed by atoms with Gasteiger partial charge >= 0.3 is 0 Å². The summed E-state index contributed by atoms with van der Waals surface area (Å²) in [6.45, 7) is 3.42. The first-order chi connectivity index (χ1) is 8.56. The molecule has 1 aromatic carbocycles. The second kappa shape index (κ2) is 9.48. The number of likely N-dealkylation sites (N-methyl/N-ethyl adjacent to an activating group) is 2. The van der Waals surface area contributed by atoms with E-state index in [0.717, 1.165) is 11.4 Å². The zero-order valence-corrected chi connectivity index (χ0v) is 13.7. The summed E-state index contributed by atoms with van der Waals surface area (Å²) in [7, 11) is 3.70. The summed E-state index contributed by atoms with van der Waals surface area (Å²) in [5.74, 6) is 0.121. The van der Waals surface area contributed by atoms with Crippen molar-refractivity contribution in [3.63, 3.8) is 0 Å². The van der Waals surface area contributed by atoms with Gasteiger partial charge in [-0.05, 0) is 26.1 Å². The Morgan fingerprint density at radius 2 is 2.11 bits per heavy atom. The molecule has 108 valence electrons. The zero-order valence-electron chi connectivity index (χ0n) is 11.4. The largest absolute Gasteiger partial charge is 0.344 e. The van der Waals surface area contributed by atoms with Gasteiger partial charge in [0.15, 0.2) is 0 Å². The average Bonchev–Trinajstić information content (AvgIpc) is 2.37. The van der Waals surface area contributed by atoms with E-state index < -0.39 is 0 Å². The molecule has 1 atom stereocenters. The standard InChI is InChI=1S/C13H19ClN2OS.ClH/c1-10(13(17)16(3)9-8-15-2)18-12-7-5-4-6-11(12)14;/h4-7,10,15H,8-9H2,1-3H3;1H. The number of nitrogens with zero attached hydrogens (tertiary/aromatic N) is 1. The van der Waals surface area contributed by atoms with Gasteiger partial charge in [0.1, 0.15) is 0 Å². The highest BCUT2D eigenvalue weighted by Crippen LogP contribution is 2.30. The number of amides is 1. The highest BCUT2D eigenvalue weighted by atomic mass is 35.5. The van der Waals surface area contributed by atoms with Crippen LogP contribution in [0.5, 0.6) is 0 Å². The first kappa shape index (κ1) is 18.6. The summed E-state index contributed by atoms with van der Waals surface area (Å²) in [6, 6.07) is 7.59. The van der Waals surface area contributed by atoms with Crippen molar-refractivity contribution in [1.82, 2.24) is 10.2 Å². The maximum absolute atomic E-state index is 12.1. The van der Waals surface area contributed by atoms with Gasteiger partial charge in [0, 0.05) is 25.0 Å². The van der Waals surface area contributed by atoms with Crippen molar-refractivity contribution < 1.29 is 4.79 Å². The molecule has 0 bridgehead atoms. The SMILES string of the molecule is CNCCN(C)C(=O)C(C)Sc1ccccc1Cl.Cl. The Kier molecular flexibility index (Phi) is 9.27. The quantitative estimate of drug-likeness (QED) is 0.817. The van der Waals surface area contributed by atoms with Crippen LogP contribution in [0.2, 0.25) is 5.02 Å². The van der Waals surface area contributed by atoms with E-state index in [-0.39, 0.29) is 23.6 Å². The molecule has 0 aliphatic heterocycles. The zero-order chi connectivity index (χ0) is 13.5. The number of rotatable bonds is 6. The van der Waals surface area contributed by atoms with Crippen molar-refractivity contribution in [2.45, 2.75) is 17.1 Å². The van der Waals surface area contributed by atoms with Gasteiger partial charge in [-0.3, -0.25) is 4.79 Å². The van der Waals surface area contributed by atoms with Crippen LogP contribution in [0.4, 0.5) is 0 Å². The van der Waals surface area contributed by atoms with Gasteiger partial charge < -0.3 is 10.2 Å². The maximum atomic E-state index is 12.1. The molecular formula is C13H20Cl2N2OS. The fourth-order valence-electron chi connectivity index (χ4n) is 1.48. The third-order valence-corrected chi connectivity index (χ3v) is 4.17. The van der Waals surface area contributed by atoms with Crippen LogP contribution in [0.3, 0.4) is 0 Å². The topological polar surface area (TPSA) is 32.3 Å². The molecule has 0 saturated carbocycles. The third kappa shape index (κ3) is 6.04. The number of nitrogens with one attached hydrogen (secondary N) is 1. The molecule has 6 heteroatoms. The predicted octanol–water partition coefficient (Wildman–Crippen LogP) is 2.92. The van der Waals surface area contributed by atoms with E-state index in [2.05, 4.69) is 5.32 Å². The van der Waals surface area contributed by atoms with Crippen molar-refractivity contribution in [2.24, 2.45) is 0 Å². The molecule has 0 spiro atoms. The van der Waals surface area contributed by atoms with E-state index in [1.54, 1.807) is 4.90 Å². The number of carbonyl (C=O) groups is 1. The van der Waals surface area contributed by atoms with Gasteiger partial charge in [-0.1, -0.05) is 23.7 Å². The number of carbonyl (C=O) groups excluding carboxylic acids is 1. The van der Waals surface area contributed by atoms with Crippen molar-refractivity contribution in [2.75, 3.05) is 27.2 Å². The fraction of sp³-hybridized carbons (Fsp3) is 0.462. The molecule has 0 saturated heterocycles. The Labute approximate surface area is 130 Å². The summed E-state index contributed by atoms with van der Waals surface area (Å²) in [5, 5.41) is 3.59. The molecule has 0 aromatic heterocycles. The molecule has 1 aromatic rings. The normalized spacial score (nSPS) is 11.6. The number of halogens is 2. The lowest BCUT2D eigenvalue weighted by Crippen LogP contribution is -2.37. The summed E-state index contributed by atoms with van der Waals surface area (Å²) < 4.78 is 0. The van der Waals surface area contributed by atoms with Gasteiger partial charge in [-0.15, -0.1) is 24.2 Å². The highest BCUT2D eigenvalue weighted by Gasteiger charge is 2.19. The Morgan fingerprint density at radius 3 is 2.68 bits per heavy atom. The summed E-state index contributed by atoms with van der Waals surface area (Å²) in [5.41, 5.74) is 0. The van der Waals surface area contributed by atoms with Crippen LogP contribution in [0, 0.1) is 0 Å². The van der Waals surface area contributed by atoms with Gasteiger partial charge in [0.2, 0.25) is 5.91 Å². The average molecular weight is 323 g/mol. The van der Waals surface area contributed by atoms with Crippen LogP contribution < -0.4 is 5.32 Å². The van der Waals surface area contributed by atoms with E-state index in [9.17, 15) is 4.79 Å². The van der Waals surface area contributed by atoms with E-state index in [1.165, 1.54) is 11.8 Å². The van der Waals surface area contributed by atoms with Crippen LogP contribution in [-0.2, 0) is 4.79 Å². The molecule has 1 unspecified atom stereocenters. The molecule has 3 nitrogen and oxygen atoms in total. The van der Waals surface area contributed by atoms with Gasteiger partial charge in [0.05, 0.1) is 10.3 Å². The lowest BCUT2D eigenvalue weighted by molar-refractivity contribution is -0.128. The second-order valence-electron chi connectivity index (χ2n) is 4.05. The molecule has 0 aliphatic rings. The minimum Gasteiger partial charge on any atom is -0.344 e. The van der Waals surface area contributed by atoms with E-state index in [0.29, 0.717) is 11.6 Å². The van der Waals surface area contributed by atoms with Gasteiger partial charge in [0.25, 0.3) is 0 Å². The number of hydrogen-bond acceptors (Lipinski definition) is 3. The molecule has 1 amide bonds. The molecule has 0 aliphatic carbocycles. The first-order valence-corrected chi connectivity index (χ1v) is 7.12. The van der Waals surface area contributed by atoms with Crippen molar-refractivity contribution in [3.05, 3.63) is 29.3 Å². The molecule has 0 radical (unpaired) electrons. The highest BCUT2D eigenvalue weighted by molar-refractivity contribution is 8.00. The number of hydrogen-bond donors (Lipinski definition) is 1. The number of thioether (sulfide) groups is 1. The smallest absolute Gasteiger partial charge is 0.235 e. The monoisotopic (exact) mass is 322 g/mol. The van der Waals surface area contributed by atoms with Crippen molar-refractivity contribution in [3.8, 4) is 0 Å². The molecule has 1 N–H and O–H groups in total. The maximum Gasteiger partial charge on any atom is 0.235 e. The molecule has 1 rings (SSSR count). The minimum atomic E-state index is -0.133. The minimum absolute atomic E-state index is 0. The fourth-order valence-corrected chi connectivity index (χ4v) is 2.75. The third-order valence-electron chi connectivity index (χ3n) is 2.56. The van der Waals surface area contributed by atoms with Gasteiger partial charge in [-0.25, -0.2) is 0 Å². The van der Waals surface area contributed by atoms with E-state index >= 15 is 0 Å². The first-order valence-electron chi connectivity index (χ1n) is 5.87. The van der Waals surface area contributed by atoms with E-state index in [1.807, 2.05) is 45.3 Å². The van der Waals surface area contributed by atoms with Crippen molar-refractivity contribution >= 4 is 41.7 Å². The Hall–Kier alpha value is -0.420. The molecular weight excluding hydrogens is 303 g/mol. The predicted molar refractivity (Wildman–Crippen MR) is 85.6 cm³/mol. The Morgan fingerprint density at radius 1 is 1.47 bits per heavy atom. The summed E-state index contributed by atoms with van der Waals surface area (Å²) >= 11 is 7.58. The van der Waals surface area contributed by atoms with E-state index in [4.69, 9.17) is 11.6 Å². The van der Waals surface area contributed by atoms with Crippen LogP contribution in [0.15, 0.2) is 29.2 Å². The van der Waals surface area contributed by atoms with Crippen LogP contribution >= 0.6 is 35.8 Å². The Bertz CT molecular complexity index is 404.